The molecule has 0 radical (unpaired) electrons. The summed E-state index contributed by atoms with van der Waals surface area (Å²) in [6.45, 7) is 7.01. The smallest absolute Gasteiger partial charge is 0.257 e. The van der Waals surface area contributed by atoms with Gasteiger partial charge < -0.3 is 15.0 Å². The highest BCUT2D eigenvalue weighted by molar-refractivity contribution is 5.77. The van der Waals surface area contributed by atoms with Crippen LogP contribution in [-0.2, 0) is 4.79 Å². The van der Waals surface area contributed by atoms with Gasteiger partial charge in [-0.1, -0.05) is 19.1 Å². The van der Waals surface area contributed by atoms with Gasteiger partial charge in [0.1, 0.15) is 5.75 Å². The van der Waals surface area contributed by atoms with Gasteiger partial charge in [0, 0.05) is 19.6 Å². The van der Waals surface area contributed by atoms with Crippen LogP contribution in [0.3, 0.4) is 0 Å². The summed E-state index contributed by atoms with van der Waals surface area (Å²) in [5, 5.41) is 2.74. The Labute approximate surface area is 121 Å². The van der Waals surface area contributed by atoms with Crippen LogP contribution in [0.5, 0.6) is 5.75 Å². The van der Waals surface area contributed by atoms with Gasteiger partial charge in [0.05, 0.1) is 5.69 Å². The van der Waals surface area contributed by atoms with E-state index in [0.29, 0.717) is 12.5 Å². The number of para-hydroxylation sites is 2. The third kappa shape index (κ3) is 3.89. The highest BCUT2D eigenvalue weighted by Crippen LogP contribution is 2.31. The molecule has 0 aliphatic carbocycles. The summed E-state index contributed by atoms with van der Waals surface area (Å²) in [5.41, 5.74) is 1.10. The number of nitrogens with zero attached hydrogens (tertiary/aromatic N) is 1. The number of nitrogens with one attached hydrogen (secondary N) is 1. The average molecular weight is 276 g/mol. The quantitative estimate of drug-likeness (QED) is 0.898. The lowest BCUT2D eigenvalue weighted by molar-refractivity contribution is -0.122. The molecule has 0 aromatic heterocycles. The van der Waals surface area contributed by atoms with Gasteiger partial charge in [0.25, 0.3) is 5.91 Å². The molecule has 110 valence electrons. The van der Waals surface area contributed by atoms with E-state index in [9.17, 15) is 4.79 Å². The number of carbonyl (C=O) groups excluding carboxylic acids is 1. The van der Waals surface area contributed by atoms with Crippen LogP contribution in [0.2, 0.25) is 0 Å². The first-order valence-corrected chi connectivity index (χ1v) is 7.44. The SMILES string of the molecule is CCNC(=O)COc1ccccc1N1CCC[C@H](C)C1. The van der Waals surface area contributed by atoms with Crippen molar-refractivity contribution < 1.29 is 9.53 Å². The Morgan fingerprint density at radius 3 is 3.00 bits per heavy atom. The molecule has 1 aliphatic heterocycles. The van der Waals surface area contributed by atoms with Crippen molar-refractivity contribution >= 4 is 11.6 Å². The number of piperidine rings is 1. The van der Waals surface area contributed by atoms with Gasteiger partial charge in [-0.05, 0) is 37.8 Å². The number of ether oxygens (including phenoxy) is 1. The Kier molecular flexibility index (Phi) is 5.27. The lowest BCUT2D eigenvalue weighted by Crippen LogP contribution is -2.34. The molecule has 1 saturated heterocycles. The summed E-state index contributed by atoms with van der Waals surface area (Å²) >= 11 is 0. The van der Waals surface area contributed by atoms with E-state index in [-0.39, 0.29) is 12.5 Å². The zero-order chi connectivity index (χ0) is 14.4. The molecule has 1 fully saturated rings. The number of hydrogen-bond donors (Lipinski definition) is 1. The molecule has 20 heavy (non-hydrogen) atoms. The molecule has 1 heterocycles. The number of rotatable bonds is 5. The fourth-order valence-electron chi connectivity index (χ4n) is 2.64. The van der Waals surface area contributed by atoms with Crippen LogP contribution in [0.1, 0.15) is 26.7 Å². The number of hydrogen-bond acceptors (Lipinski definition) is 3. The molecule has 4 nitrogen and oxygen atoms in total. The predicted octanol–water partition coefficient (Wildman–Crippen LogP) is 2.44. The molecule has 1 aromatic carbocycles. The van der Waals surface area contributed by atoms with Crippen LogP contribution < -0.4 is 15.0 Å². The van der Waals surface area contributed by atoms with Gasteiger partial charge in [0.15, 0.2) is 6.61 Å². The lowest BCUT2D eigenvalue weighted by atomic mass is 9.99. The van der Waals surface area contributed by atoms with E-state index in [2.05, 4.69) is 23.2 Å². The molecule has 1 amide bonds. The monoisotopic (exact) mass is 276 g/mol. The van der Waals surface area contributed by atoms with Gasteiger partial charge in [-0.15, -0.1) is 0 Å². The maximum atomic E-state index is 11.5. The Hall–Kier alpha value is -1.71. The van der Waals surface area contributed by atoms with Gasteiger partial charge in [-0.2, -0.15) is 0 Å². The van der Waals surface area contributed by atoms with Crippen LogP contribution in [0.25, 0.3) is 0 Å². The largest absolute Gasteiger partial charge is 0.482 e. The second-order valence-electron chi connectivity index (χ2n) is 5.40. The van der Waals surface area contributed by atoms with E-state index in [1.165, 1.54) is 12.8 Å². The summed E-state index contributed by atoms with van der Waals surface area (Å²) in [5.74, 6) is 1.43. The van der Waals surface area contributed by atoms with Crippen molar-refractivity contribution in [2.75, 3.05) is 31.1 Å². The van der Waals surface area contributed by atoms with Gasteiger partial charge in [0.2, 0.25) is 0 Å². The molecule has 2 rings (SSSR count). The van der Waals surface area contributed by atoms with Crippen molar-refractivity contribution in [3.05, 3.63) is 24.3 Å². The van der Waals surface area contributed by atoms with Crippen molar-refractivity contribution in [1.29, 1.82) is 0 Å². The second-order valence-corrected chi connectivity index (χ2v) is 5.40. The summed E-state index contributed by atoms with van der Waals surface area (Å²) in [7, 11) is 0. The maximum Gasteiger partial charge on any atom is 0.257 e. The molecule has 4 heteroatoms. The zero-order valence-electron chi connectivity index (χ0n) is 12.4. The van der Waals surface area contributed by atoms with Crippen LogP contribution in [0.4, 0.5) is 5.69 Å². The topological polar surface area (TPSA) is 41.6 Å². The van der Waals surface area contributed by atoms with Crippen molar-refractivity contribution in [2.24, 2.45) is 5.92 Å². The van der Waals surface area contributed by atoms with E-state index >= 15 is 0 Å². The number of benzene rings is 1. The fraction of sp³-hybridized carbons (Fsp3) is 0.562. The molecule has 1 aromatic rings. The van der Waals surface area contributed by atoms with Gasteiger partial charge in [-0.25, -0.2) is 0 Å². The summed E-state index contributed by atoms with van der Waals surface area (Å²) < 4.78 is 5.69. The number of carbonyl (C=O) groups is 1. The third-order valence-corrected chi connectivity index (χ3v) is 3.60. The second kappa shape index (κ2) is 7.17. The van der Waals surface area contributed by atoms with Gasteiger partial charge in [-0.3, -0.25) is 4.79 Å². The fourth-order valence-corrected chi connectivity index (χ4v) is 2.64. The lowest BCUT2D eigenvalue weighted by Gasteiger charge is -2.33. The summed E-state index contributed by atoms with van der Waals surface area (Å²) in [6, 6.07) is 7.98. The minimum Gasteiger partial charge on any atom is -0.482 e. The number of likely N-dealkylation sites (N-methyl/N-ethyl adjacent to an activating group) is 1. The Bertz CT molecular complexity index is 448. The molecule has 1 aliphatic rings. The first kappa shape index (κ1) is 14.7. The van der Waals surface area contributed by atoms with Crippen LogP contribution in [0.15, 0.2) is 24.3 Å². The number of amides is 1. The maximum absolute atomic E-state index is 11.5. The van der Waals surface area contributed by atoms with E-state index in [1.54, 1.807) is 0 Å². The predicted molar refractivity (Wildman–Crippen MR) is 81.2 cm³/mol. The zero-order valence-corrected chi connectivity index (χ0v) is 12.4. The highest BCUT2D eigenvalue weighted by atomic mass is 16.5. The third-order valence-electron chi connectivity index (χ3n) is 3.60. The Morgan fingerprint density at radius 1 is 1.45 bits per heavy atom. The van der Waals surface area contributed by atoms with E-state index in [0.717, 1.165) is 24.5 Å². The molecule has 0 bridgehead atoms. The molecular weight excluding hydrogens is 252 g/mol. The molecule has 1 N–H and O–H groups in total. The van der Waals surface area contributed by atoms with Crippen LogP contribution in [0, 0.1) is 5.92 Å². The van der Waals surface area contributed by atoms with Crippen molar-refractivity contribution in [2.45, 2.75) is 26.7 Å². The van der Waals surface area contributed by atoms with Crippen LogP contribution in [-0.4, -0.2) is 32.1 Å². The molecule has 0 spiro atoms. The molecular formula is C16H24N2O2. The first-order chi connectivity index (χ1) is 9.70. The van der Waals surface area contributed by atoms with E-state index in [1.807, 2.05) is 25.1 Å². The summed E-state index contributed by atoms with van der Waals surface area (Å²) in [6.07, 6.45) is 2.50. The van der Waals surface area contributed by atoms with Crippen LogP contribution >= 0.6 is 0 Å². The highest BCUT2D eigenvalue weighted by Gasteiger charge is 2.19. The molecule has 0 saturated carbocycles. The molecule has 0 unspecified atom stereocenters. The van der Waals surface area contributed by atoms with Crippen molar-refractivity contribution in [3.63, 3.8) is 0 Å². The minimum absolute atomic E-state index is 0.0747. The number of anilines is 1. The average Bonchev–Trinajstić information content (AvgIpc) is 2.46. The van der Waals surface area contributed by atoms with E-state index in [4.69, 9.17) is 4.74 Å². The van der Waals surface area contributed by atoms with Crippen molar-refractivity contribution in [3.8, 4) is 5.75 Å². The van der Waals surface area contributed by atoms with Crippen molar-refractivity contribution in [1.82, 2.24) is 5.32 Å². The first-order valence-electron chi connectivity index (χ1n) is 7.44. The minimum atomic E-state index is -0.0747. The Morgan fingerprint density at radius 2 is 2.25 bits per heavy atom. The summed E-state index contributed by atoms with van der Waals surface area (Å²) in [4.78, 5) is 13.9. The van der Waals surface area contributed by atoms with E-state index < -0.39 is 0 Å². The Balaban J connectivity index is 2.03. The standard InChI is InChI=1S/C16H24N2O2/c1-3-17-16(19)12-20-15-9-5-4-8-14(15)18-10-6-7-13(2)11-18/h4-5,8-9,13H,3,6-7,10-12H2,1-2H3,(H,17,19)/t13-/m0/s1. The van der Waals surface area contributed by atoms with Gasteiger partial charge >= 0.3 is 0 Å². The molecule has 1 atom stereocenters. The normalized spacial score (nSPS) is 18.7.